The second-order valence-corrected chi connectivity index (χ2v) is 5.34. The fraction of sp³-hybridized carbons (Fsp3) is 0.588. The van der Waals surface area contributed by atoms with Crippen molar-refractivity contribution in [2.24, 2.45) is 11.7 Å². The molecular formula is C17H28N2O. The number of nitrogens with two attached hydrogens (primary N) is 1. The summed E-state index contributed by atoms with van der Waals surface area (Å²) in [7, 11) is 0. The normalized spacial score (nSPS) is 13.8. The monoisotopic (exact) mass is 276 g/mol. The number of carbonyl (C=O) groups is 1. The second-order valence-electron chi connectivity index (χ2n) is 5.34. The van der Waals surface area contributed by atoms with Crippen molar-refractivity contribution in [3.8, 4) is 0 Å². The van der Waals surface area contributed by atoms with Gasteiger partial charge in [-0.1, -0.05) is 57.0 Å². The van der Waals surface area contributed by atoms with Crippen LogP contribution in [0.5, 0.6) is 0 Å². The van der Waals surface area contributed by atoms with Crippen molar-refractivity contribution in [1.29, 1.82) is 0 Å². The summed E-state index contributed by atoms with van der Waals surface area (Å²) in [6, 6.07) is 10.0. The first kappa shape index (κ1) is 16.7. The third kappa shape index (κ3) is 5.74. The van der Waals surface area contributed by atoms with E-state index < -0.39 is 0 Å². The van der Waals surface area contributed by atoms with E-state index in [9.17, 15) is 4.79 Å². The van der Waals surface area contributed by atoms with Gasteiger partial charge in [-0.3, -0.25) is 4.79 Å². The van der Waals surface area contributed by atoms with Gasteiger partial charge in [0.25, 0.3) is 0 Å². The average Bonchev–Trinajstić information content (AvgIpc) is 2.48. The van der Waals surface area contributed by atoms with E-state index in [0.29, 0.717) is 6.54 Å². The minimum Gasteiger partial charge on any atom is -0.356 e. The quantitative estimate of drug-likeness (QED) is 0.726. The zero-order chi connectivity index (χ0) is 14.8. The minimum absolute atomic E-state index is 0.00721. The molecule has 0 heterocycles. The third-order valence-corrected chi connectivity index (χ3v) is 3.75. The molecule has 0 fully saturated rings. The van der Waals surface area contributed by atoms with E-state index >= 15 is 0 Å². The highest BCUT2D eigenvalue weighted by molar-refractivity contribution is 5.78. The van der Waals surface area contributed by atoms with E-state index in [1.807, 2.05) is 30.3 Å². The Morgan fingerprint density at radius 1 is 1.20 bits per heavy atom. The molecule has 0 spiro atoms. The Labute approximate surface area is 122 Å². The third-order valence-electron chi connectivity index (χ3n) is 3.75. The fourth-order valence-electron chi connectivity index (χ4n) is 2.33. The molecule has 1 rings (SSSR count). The maximum atomic E-state index is 12.0. The van der Waals surface area contributed by atoms with Gasteiger partial charge in [0.05, 0.1) is 0 Å². The average molecular weight is 276 g/mol. The molecule has 3 N–H and O–H groups in total. The molecule has 20 heavy (non-hydrogen) atoms. The molecule has 0 bridgehead atoms. The highest BCUT2D eigenvalue weighted by Gasteiger charge is 2.15. The maximum absolute atomic E-state index is 12.0. The van der Waals surface area contributed by atoms with Gasteiger partial charge in [-0.15, -0.1) is 0 Å². The largest absolute Gasteiger partial charge is 0.356 e. The van der Waals surface area contributed by atoms with Crippen LogP contribution in [0.3, 0.4) is 0 Å². The number of amides is 1. The number of unbranched alkanes of at least 4 members (excludes halogenated alkanes) is 1. The van der Waals surface area contributed by atoms with Gasteiger partial charge in [0.1, 0.15) is 0 Å². The van der Waals surface area contributed by atoms with E-state index in [1.54, 1.807) is 0 Å². The lowest BCUT2D eigenvalue weighted by Crippen LogP contribution is -2.32. The van der Waals surface area contributed by atoms with Gasteiger partial charge >= 0.3 is 0 Å². The van der Waals surface area contributed by atoms with Gasteiger partial charge < -0.3 is 11.1 Å². The first-order valence-electron chi connectivity index (χ1n) is 7.77. The summed E-state index contributed by atoms with van der Waals surface area (Å²) in [5.41, 5.74) is 7.24. The zero-order valence-corrected chi connectivity index (χ0v) is 12.8. The molecule has 1 aromatic rings. The van der Waals surface area contributed by atoms with E-state index in [1.165, 1.54) is 0 Å². The number of carbonyl (C=O) groups excluding carboxylic acids is 1. The second kappa shape index (κ2) is 9.54. The number of hydrogen-bond acceptors (Lipinski definition) is 2. The van der Waals surface area contributed by atoms with E-state index in [2.05, 4.69) is 19.2 Å². The summed E-state index contributed by atoms with van der Waals surface area (Å²) in [5.74, 6) is 0.337. The van der Waals surface area contributed by atoms with Crippen LogP contribution in [0.4, 0.5) is 0 Å². The van der Waals surface area contributed by atoms with Gasteiger partial charge in [0, 0.05) is 18.5 Å². The molecule has 1 aromatic carbocycles. The van der Waals surface area contributed by atoms with Gasteiger partial charge in [0.2, 0.25) is 5.91 Å². The molecule has 112 valence electrons. The van der Waals surface area contributed by atoms with Crippen molar-refractivity contribution < 1.29 is 4.79 Å². The van der Waals surface area contributed by atoms with Crippen LogP contribution in [0.2, 0.25) is 0 Å². The lowest BCUT2D eigenvalue weighted by molar-refractivity contribution is -0.125. The SMILES string of the molecule is CCCCC(CC)C(=O)NCCC(N)c1ccccc1. The molecule has 2 unspecified atom stereocenters. The van der Waals surface area contributed by atoms with Gasteiger partial charge in [-0.05, 0) is 24.8 Å². The summed E-state index contributed by atoms with van der Waals surface area (Å²) >= 11 is 0. The minimum atomic E-state index is -0.00721. The molecule has 2 atom stereocenters. The van der Waals surface area contributed by atoms with Gasteiger partial charge in [-0.25, -0.2) is 0 Å². The molecule has 0 aromatic heterocycles. The predicted molar refractivity (Wildman–Crippen MR) is 84.3 cm³/mol. The van der Waals surface area contributed by atoms with Crippen molar-refractivity contribution in [3.05, 3.63) is 35.9 Å². The Hall–Kier alpha value is -1.35. The predicted octanol–water partition coefficient (Wildman–Crippen LogP) is 3.41. The molecule has 0 radical (unpaired) electrons. The Kier molecular flexibility index (Phi) is 7.97. The highest BCUT2D eigenvalue weighted by Crippen LogP contribution is 2.14. The lowest BCUT2D eigenvalue weighted by Gasteiger charge is -2.16. The topological polar surface area (TPSA) is 55.1 Å². The van der Waals surface area contributed by atoms with Crippen molar-refractivity contribution in [3.63, 3.8) is 0 Å². The van der Waals surface area contributed by atoms with Crippen LogP contribution in [0.15, 0.2) is 30.3 Å². The van der Waals surface area contributed by atoms with Gasteiger partial charge in [0.15, 0.2) is 0 Å². The Bertz CT molecular complexity index is 378. The maximum Gasteiger partial charge on any atom is 0.223 e. The Morgan fingerprint density at radius 3 is 2.50 bits per heavy atom. The molecule has 0 aliphatic carbocycles. The molecule has 1 amide bonds. The smallest absolute Gasteiger partial charge is 0.223 e. The highest BCUT2D eigenvalue weighted by atomic mass is 16.1. The molecule has 0 saturated heterocycles. The van der Waals surface area contributed by atoms with Crippen LogP contribution in [0.25, 0.3) is 0 Å². The van der Waals surface area contributed by atoms with E-state index in [-0.39, 0.29) is 17.9 Å². The van der Waals surface area contributed by atoms with Crippen molar-refractivity contribution in [2.45, 2.75) is 52.0 Å². The Morgan fingerprint density at radius 2 is 1.90 bits per heavy atom. The number of rotatable bonds is 9. The van der Waals surface area contributed by atoms with E-state index in [4.69, 9.17) is 5.73 Å². The van der Waals surface area contributed by atoms with Crippen LogP contribution in [-0.4, -0.2) is 12.5 Å². The van der Waals surface area contributed by atoms with Crippen LogP contribution in [0.1, 0.15) is 57.6 Å². The van der Waals surface area contributed by atoms with Crippen LogP contribution in [0, 0.1) is 5.92 Å². The summed E-state index contributed by atoms with van der Waals surface area (Å²) in [6.45, 7) is 4.89. The summed E-state index contributed by atoms with van der Waals surface area (Å²) in [5, 5.41) is 3.02. The fourth-order valence-corrected chi connectivity index (χ4v) is 2.33. The lowest BCUT2D eigenvalue weighted by atomic mass is 9.98. The molecule has 3 nitrogen and oxygen atoms in total. The summed E-state index contributed by atoms with van der Waals surface area (Å²) in [4.78, 5) is 12.0. The van der Waals surface area contributed by atoms with Crippen LogP contribution >= 0.6 is 0 Å². The van der Waals surface area contributed by atoms with Gasteiger partial charge in [-0.2, -0.15) is 0 Å². The van der Waals surface area contributed by atoms with Crippen molar-refractivity contribution in [1.82, 2.24) is 5.32 Å². The standard InChI is InChI=1S/C17H28N2O/c1-3-5-9-14(4-2)17(20)19-13-12-16(18)15-10-7-6-8-11-15/h6-8,10-11,14,16H,3-5,9,12-13,18H2,1-2H3,(H,19,20). The first-order valence-corrected chi connectivity index (χ1v) is 7.77. The summed E-state index contributed by atoms with van der Waals surface area (Å²) < 4.78 is 0. The van der Waals surface area contributed by atoms with Crippen LogP contribution < -0.4 is 11.1 Å². The molecule has 3 heteroatoms. The first-order chi connectivity index (χ1) is 9.69. The molecular weight excluding hydrogens is 248 g/mol. The van der Waals surface area contributed by atoms with Crippen molar-refractivity contribution in [2.75, 3.05) is 6.54 Å². The molecule has 0 aliphatic heterocycles. The molecule has 0 aliphatic rings. The van der Waals surface area contributed by atoms with Crippen molar-refractivity contribution >= 4 is 5.91 Å². The van der Waals surface area contributed by atoms with E-state index in [0.717, 1.165) is 37.7 Å². The Balaban J connectivity index is 2.30. The number of hydrogen-bond donors (Lipinski definition) is 2. The number of nitrogens with one attached hydrogen (secondary N) is 1. The zero-order valence-electron chi connectivity index (χ0n) is 12.8. The summed E-state index contributed by atoms with van der Waals surface area (Å²) in [6.07, 6.45) is 4.94. The van der Waals surface area contributed by atoms with Crippen LogP contribution in [-0.2, 0) is 4.79 Å². The number of benzene rings is 1. The molecule has 0 saturated carbocycles.